The lowest BCUT2D eigenvalue weighted by Crippen LogP contribution is -2.38. The molecule has 2 aromatic heterocycles. The normalized spacial score (nSPS) is 16.7. The Morgan fingerprint density at radius 1 is 1.42 bits per heavy atom. The number of amides is 1. The van der Waals surface area contributed by atoms with Crippen LogP contribution in [0.1, 0.15) is 22.5 Å². The number of nitrogens with zero attached hydrogens (tertiary/aromatic N) is 1. The van der Waals surface area contributed by atoms with Crippen LogP contribution in [0.15, 0.2) is 29.0 Å². The summed E-state index contributed by atoms with van der Waals surface area (Å²) in [5.74, 6) is -1.18. The molecule has 0 aromatic carbocycles. The summed E-state index contributed by atoms with van der Waals surface area (Å²) in [4.78, 5) is 28.3. The van der Waals surface area contributed by atoms with Gasteiger partial charge in [0.25, 0.3) is 5.91 Å². The molecule has 1 aliphatic rings. The minimum atomic E-state index is -0.886. The molecule has 0 aliphatic carbocycles. The molecule has 7 nitrogen and oxygen atoms in total. The average molecular weight is 350 g/mol. The molecule has 8 heteroatoms. The molecule has 1 unspecified atom stereocenters. The fourth-order valence-corrected chi connectivity index (χ4v) is 3.56. The van der Waals surface area contributed by atoms with Crippen molar-refractivity contribution in [2.45, 2.75) is 12.8 Å². The molecule has 0 spiro atoms. The van der Waals surface area contributed by atoms with Gasteiger partial charge in [0.1, 0.15) is 4.88 Å². The summed E-state index contributed by atoms with van der Waals surface area (Å²) in [5, 5.41) is 12.8. The van der Waals surface area contributed by atoms with Crippen LogP contribution >= 0.6 is 11.3 Å². The Hall–Kier alpha value is -2.19. The van der Waals surface area contributed by atoms with Crippen LogP contribution < -0.4 is 5.32 Å². The first-order chi connectivity index (χ1) is 11.6. The quantitative estimate of drug-likeness (QED) is 0.828. The summed E-state index contributed by atoms with van der Waals surface area (Å²) >= 11 is 1.21. The standard InChI is InChI=1S/C16H18N2O5S/c19-14(13-9-18-15(24-13)12-2-1-5-23-12)17-8-11(16(20)21)10-3-6-22-7-4-10/h1-2,5,9-11H,3-4,6-8H2,(H,17,19)(H,20,21). The summed E-state index contributed by atoms with van der Waals surface area (Å²) in [7, 11) is 0. The van der Waals surface area contributed by atoms with E-state index in [-0.39, 0.29) is 18.4 Å². The van der Waals surface area contributed by atoms with Gasteiger partial charge in [-0.25, -0.2) is 4.98 Å². The van der Waals surface area contributed by atoms with E-state index in [1.807, 2.05) is 0 Å². The summed E-state index contributed by atoms with van der Waals surface area (Å²) in [6, 6.07) is 3.52. The third-order valence-electron chi connectivity index (χ3n) is 4.10. The van der Waals surface area contributed by atoms with Crippen molar-refractivity contribution in [3.63, 3.8) is 0 Å². The first kappa shape index (κ1) is 16.7. The van der Waals surface area contributed by atoms with Gasteiger partial charge in [0.15, 0.2) is 10.8 Å². The van der Waals surface area contributed by atoms with E-state index in [2.05, 4.69) is 10.3 Å². The number of nitrogens with one attached hydrogen (secondary N) is 1. The van der Waals surface area contributed by atoms with Crippen molar-refractivity contribution in [2.75, 3.05) is 19.8 Å². The number of hydrogen-bond donors (Lipinski definition) is 2. The lowest BCUT2D eigenvalue weighted by Gasteiger charge is -2.27. The molecular formula is C16H18N2O5S. The van der Waals surface area contributed by atoms with Gasteiger partial charge in [-0.15, -0.1) is 11.3 Å². The van der Waals surface area contributed by atoms with Gasteiger partial charge in [-0.3, -0.25) is 9.59 Å². The average Bonchev–Trinajstić information content (AvgIpc) is 3.27. The largest absolute Gasteiger partial charge is 0.481 e. The molecule has 1 atom stereocenters. The second kappa shape index (κ2) is 7.59. The third-order valence-corrected chi connectivity index (χ3v) is 5.11. The Kier molecular flexibility index (Phi) is 5.27. The van der Waals surface area contributed by atoms with Crippen LogP contribution in [0, 0.1) is 11.8 Å². The van der Waals surface area contributed by atoms with Gasteiger partial charge in [-0.05, 0) is 30.9 Å². The zero-order valence-corrected chi connectivity index (χ0v) is 13.8. The highest BCUT2D eigenvalue weighted by molar-refractivity contribution is 7.16. The Balaban J connectivity index is 1.60. The molecule has 128 valence electrons. The van der Waals surface area contributed by atoms with Crippen LogP contribution in [0.5, 0.6) is 0 Å². The number of carbonyl (C=O) groups excluding carboxylic acids is 1. The van der Waals surface area contributed by atoms with Crippen LogP contribution in [0.25, 0.3) is 10.8 Å². The fourth-order valence-electron chi connectivity index (χ4n) is 2.76. The molecule has 2 aromatic rings. The van der Waals surface area contributed by atoms with Gasteiger partial charge >= 0.3 is 5.97 Å². The zero-order valence-electron chi connectivity index (χ0n) is 12.9. The predicted molar refractivity (Wildman–Crippen MR) is 86.8 cm³/mol. The second-order valence-electron chi connectivity index (χ2n) is 5.61. The van der Waals surface area contributed by atoms with Gasteiger partial charge in [-0.1, -0.05) is 0 Å². The van der Waals surface area contributed by atoms with Crippen LogP contribution in [-0.2, 0) is 9.53 Å². The third kappa shape index (κ3) is 3.82. The highest BCUT2D eigenvalue weighted by atomic mass is 32.1. The Morgan fingerprint density at radius 2 is 2.21 bits per heavy atom. The molecule has 1 amide bonds. The van der Waals surface area contributed by atoms with Crippen molar-refractivity contribution in [1.82, 2.24) is 10.3 Å². The van der Waals surface area contributed by atoms with Crippen LogP contribution in [-0.4, -0.2) is 41.7 Å². The highest BCUT2D eigenvalue weighted by Gasteiger charge is 2.30. The van der Waals surface area contributed by atoms with E-state index in [1.165, 1.54) is 17.5 Å². The molecule has 2 N–H and O–H groups in total. The maximum atomic E-state index is 12.2. The molecular weight excluding hydrogens is 332 g/mol. The molecule has 0 bridgehead atoms. The second-order valence-corrected chi connectivity index (χ2v) is 6.64. The monoisotopic (exact) mass is 350 g/mol. The van der Waals surface area contributed by atoms with E-state index >= 15 is 0 Å². The van der Waals surface area contributed by atoms with Crippen molar-refractivity contribution < 1.29 is 23.8 Å². The molecule has 1 fully saturated rings. The Bertz CT molecular complexity index is 691. The Morgan fingerprint density at radius 3 is 2.88 bits per heavy atom. The number of aliphatic carboxylic acids is 1. The predicted octanol–water partition coefficient (Wildman–Crippen LogP) is 2.26. The minimum absolute atomic E-state index is 0.0247. The Labute approximate surface area is 142 Å². The minimum Gasteiger partial charge on any atom is -0.481 e. The van der Waals surface area contributed by atoms with Crippen LogP contribution in [0.4, 0.5) is 0 Å². The van der Waals surface area contributed by atoms with Crippen molar-refractivity contribution in [3.05, 3.63) is 29.5 Å². The number of furan rings is 1. The number of carbonyl (C=O) groups is 2. The molecule has 3 rings (SSSR count). The van der Waals surface area contributed by atoms with Crippen molar-refractivity contribution in [3.8, 4) is 10.8 Å². The number of thiazole rings is 1. The zero-order chi connectivity index (χ0) is 16.9. The van der Waals surface area contributed by atoms with Gasteiger partial charge in [0.2, 0.25) is 0 Å². The lowest BCUT2D eigenvalue weighted by atomic mass is 9.86. The highest BCUT2D eigenvalue weighted by Crippen LogP contribution is 2.26. The molecule has 0 radical (unpaired) electrons. The van der Waals surface area contributed by atoms with Gasteiger partial charge in [-0.2, -0.15) is 0 Å². The summed E-state index contributed by atoms with van der Waals surface area (Å²) in [6.07, 6.45) is 4.43. The number of rotatable bonds is 6. The van der Waals surface area contributed by atoms with E-state index in [1.54, 1.807) is 18.4 Å². The van der Waals surface area contributed by atoms with E-state index in [9.17, 15) is 14.7 Å². The SMILES string of the molecule is O=C(NCC(C(=O)O)C1CCOCC1)c1cnc(-c2ccco2)s1. The molecule has 24 heavy (non-hydrogen) atoms. The fraction of sp³-hybridized carbons (Fsp3) is 0.438. The van der Waals surface area contributed by atoms with Crippen molar-refractivity contribution in [1.29, 1.82) is 0 Å². The number of hydrogen-bond acceptors (Lipinski definition) is 6. The van der Waals surface area contributed by atoms with Gasteiger partial charge in [0, 0.05) is 19.8 Å². The van der Waals surface area contributed by atoms with Crippen molar-refractivity contribution in [2.24, 2.45) is 11.8 Å². The van der Waals surface area contributed by atoms with Gasteiger partial charge < -0.3 is 19.6 Å². The van der Waals surface area contributed by atoms with Gasteiger partial charge in [0.05, 0.1) is 18.4 Å². The first-order valence-electron chi connectivity index (χ1n) is 7.73. The number of carboxylic acids is 1. The number of carboxylic acid groups (broad SMARTS) is 1. The first-order valence-corrected chi connectivity index (χ1v) is 8.55. The summed E-state index contributed by atoms with van der Waals surface area (Å²) in [6.45, 7) is 1.25. The van der Waals surface area contributed by atoms with Crippen molar-refractivity contribution >= 4 is 23.2 Å². The summed E-state index contributed by atoms with van der Waals surface area (Å²) < 4.78 is 10.5. The topological polar surface area (TPSA) is 102 Å². The molecule has 0 saturated carbocycles. The summed E-state index contributed by atoms with van der Waals surface area (Å²) in [5.41, 5.74) is 0. The van der Waals surface area contributed by atoms with E-state index in [0.717, 1.165) is 0 Å². The van der Waals surface area contributed by atoms with Crippen LogP contribution in [0.3, 0.4) is 0 Å². The van der Waals surface area contributed by atoms with Crippen LogP contribution in [0.2, 0.25) is 0 Å². The lowest BCUT2D eigenvalue weighted by molar-refractivity contribution is -0.144. The number of ether oxygens (including phenoxy) is 1. The van der Waals surface area contributed by atoms with E-state index in [4.69, 9.17) is 9.15 Å². The molecule has 1 aliphatic heterocycles. The molecule has 3 heterocycles. The number of aromatic nitrogens is 1. The molecule has 1 saturated heterocycles. The van der Waals surface area contributed by atoms with E-state index < -0.39 is 11.9 Å². The smallest absolute Gasteiger partial charge is 0.308 e. The van der Waals surface area contributed by atoms with E-state index in [0.29, 0.717) is 41.7 Å². The maximum absolute atomic E-state index is 12.2. The maximum Gasteiger partial charge on any atom is 0.308 e.